The second-order valence-electron chi connectivity index (χ2n) is 7.05. The van der Waals surface area contributed by atoms with Crippen LogP contribution in [-0.4, -0.2) is 62.7 Å². The van der Waals surface area contributed by atoms with Crippen LogP contribution in [0.5, 0.6) is 5.75 Å². The first-order chi connectivity index (χ1) is 14.4. The summed E-state index contributed by atoms with van der Waals surface area (Å²) in [7, 11) is 0. The number of hydrogen-bond donors (Lipinski definition) is 4. The number of aryl methyl sites for hydroxylation is 1. The summed E-state index contributed by atoms with van der Waals surface area (Å²) in [6.45, 7) is 1.10. The number of aliphatic hydroxyl groups is 4. The molecular formula is C21H21NO8. The molecule has 9 nitrogen and oxygen atoms in total. The Hall–Kier alpha value is -2.82. The summed E-state index contributed by atoms with van der Waals surface area (Å²) in [4.78, 5) is 17.2. The summed E-state index contributed by atoms with van der Waals surface area (Å²) < 4.78 is 16.7. The van der Waals surface area contributed by atoms with E-state index in [0.29, 0.717) is 22.4 Å². The predicted molar refractivity (Wildman–Crippen MR) is 105 cm³/mol. The van der Waals surface area contributed by atoms with Crippen LogP contribution < -0.4 is 10.2 Å². The average molecular weight is 415 g/mol. The SMILES string of the molecule is Cc1oc2cc(O[C@@H]3O[C@@H](CO)[C@@H](O)[C@@H](O)[C@@H]3O)ccc2c(=O)c1-c1ccccn1. The van der Waals surface area contributed by atoms with Gasteiger partial charge in [-0.2, -0.15) is 0 Å². The monoisotopic (exact) mass is 415 g/mol. The van der Waals surface area contributed by atoms with E-state index in [2.05, 4.69) is 4.98 Å². The van der Waals surface area contributed by atoms with Crippen molar-refractivity contribution in [3.63, 3.8) is 0 Å². The van der Waals surface area contributed by atoms with Gasteiger partial charge in [0.05, 0.1) is 23.3 Å². The molecule has 0 aliphatic carbocycles. The van der Waals surface area contributed by atoms with Crippen molar-refractivity contribution < 1.29 is 34.3 Å². The van der Waals surface area contributed by atoms with Crippen LogP contribution in [0.25, 0.3) is 22.2 Å². The molecular weight excluding hydrogens is 394 g/mol. The summed E-state index contributed by atoms with van der Waals surface area (Å²) in [5.74, 6) is 0.594. The van der Waals surface area contributed by atoms with Crippen LogP contribution in [-0.2, 0) is 4.74 Å². The number of rotatable bonds is 4. The minimum atomic E-state index is -1.55. The van der Waals surface area contributed by atoms with Crippen molar-refractivity contribution in [2.75, 3.05) is 6.61 Å². The molecule has 0 saturated carbocycles. The van der Waals surface area contributed by atoms with Crippen LogP contribution in [0.4, 0.5) is 0 Å². The van der Waals surface area contributed by atoms with Crippen molar-refractivity contribution in [1.29, 1.82) is 0 Å². The third-order valence-corrected chi connectivity index (χ3v) is 5.06. The highest BCUT2D eigenvalue weighted by molar-refractivity contribution is 5.83. The number of aliphatic hydroxyl groups excluding tert-OH is 4. The van der Waals surface area contributed by atoms with Gasteiger partial charge in [0.25, 0.3) is 0 Å². The maximum absolute atomic E-state index is 13.0. The molecule has 5 atom stereocenters. The van der Waals surface area contributed by atoms with Gasteiger partial charge in [-0.15, -0.1) is 0 Å². The molecule has 1 aromatic carbocycles. The Morgan fingerprint density at radius 2 is 1.90 bits per heavy atom. The number of pyridine rings is 1. The molecule has 9 heteroatoms. The number of ether oxygens (including phenoxy) is 2. The molecule has 1 aliphatic rings. The number of aromatic nitrogens is 1. The maximum Gasteiger partial charge on any atom is 0.229 e. The molecule has 2 aromatic heterocycles. The normalized spacial score (nSPS) is 26.6. The lowest BCUT2D eigenvalue weighted by atomic mass is 9.99. The third kappa shape index (κ3) is 3.57. The van der Waals surface area contributed by atoms with Gasteiger partial charge in [0.1, 0.15) is 41.5 Å². The van der Waals surface area contributed by atoms with E-state index in [1.807, 2.05) is 0 Å². The van der Waals surface area contributed by atoms with Gasteiger partial charge in [-0.25, -0.2) is 0 Å². The largest absolute Gasteiger partial charge is 0.462 e. The van der Waals surface area contributed by atoms with Gasteiger partial charge in [0.2, 0.25) is 11.7 Å². The van der Waals surface area contributed by atoms with Crippen LogP contribution in [0.15, 0.2) is 51.8 Å². The summed E-state index contributed by atoms with van der Waals surface area (Å²) in [6.07, 6.45) is -5.41. The van der Waals surface area contributed by atoms with E-state index < -0.39 is 37.3 Å². The third-order valence-electron chi connectivity index (χ3n) is 5.06. The molecule has 0 unspecified atom stereocenters. The Morgan fingerprint density at radius 3 is 2.60 bits per heavy atom. The Kier molecular flexibility index (Phi) is 5.54. The molecule has 1 saturated heterocycles. The minimum Gasteiger partial charge on any atom is -0.462 e. The molecule has 0 bridgehead atoms. The van der Waals surface area contributed by atoms with Crippen molar-refractivity contribution >= 4 is 11.0 Å². The number of nitrogens with zero attached hydrogens (tertiary/aromatic N) is 1. The first-order valence-corrected chi connectivity index (χ1v) is 9.36. The van der Waals surface area contributed by atoms with E-state index in [-0.39, 0.29) is 16.8 Å². The Morgan fingerprint density at radius 1 is 1.10 bits per heavy atom. The molecule has 1 fully saturated rings. The van der Waals surface area contributed by atoms with E-state index in [1.165, 1.54) is 18.2 Å². The van der Waals surface area contributed by atoms with Crippen molar-refractivity contribution in [3.8, 4) is 17.0 Å². The Balaban J connectivity index is 1.67. The fraction of sp³-hybridized carbons (Fsp3) is 0.333. The van der Waals surface area contributed by atoms with Gasteiger partial charge in [-0.3, -0.25) is 9.78 Å². The van der Waals surface area contributed by atoms with Crippen LogP contribution in [0.3, 0.4) is 0 Å². The van der Waals surface area contributed by atoms with E-state index in [1.54, 1.807) is 31.3 Å². The highest BCUT2D eigenvalue weighted by Gasteiger charge is 2.44. The lowest BCUT2D eigenvalue weighted by molar-refractivity contribution is -0.277. The zero-order valence-electron chi connectivity index (χ0n) is 16.0. The molecule has 4 rings (SSSR count). The van der Waals surface area contributed by atoms with Crippen LogP contribution in [0.1, 0.15) is 5.76 Å². The van der Waals surface area contributed by atoms with Crippen LogP contribution in [0.2, 0.25) is 0 Å². The number of fused-ring (bicyclic) bond motifs is 1. The zero-order chi connectivity index (χ0) is 21.4. The molecule has 4 N–H and O–H groups in total. The standard InChI is InChI=1S/C21H21NO8/c1-10-16(13-4-2-3-7-22-13)17(24)12-6-5-11(8-14(12)28-10)29-21-20(27)19(26)18(25)15(9-23)30-21/h2-8,15,18-21,23,25-27H,9H2,1H3/t15-,18+,19+,20-,21+/m0/s1. The van der Waals surface area contributed by atoms with Gasteiger partial charge in [0.15, 0.2) is 0 Å². The van der Waals surface area contributed by atoms with Crippen LogP contribution in [0, 0.1) is 6.92 Å². The molecule has 158 valence electrons. The molecule has 3 heterocycles. The van der Waals surface area contributed by atoms with Gasteiger partial charge in [-0.1, -0.05) is 6.07 Å². The molecule has 0 radical (unpaired) electrons. The van der Waals surface area contributed by atoms with Gasteiger partial charge in [-0.05, 0) is 31.2 Å². The van der Waals surface area contributed by atoms with Crippen molar-refractivity contribution in [2.45, 2.75) is 37.6 Å². The highest BCUT2D eigenvalue weighted by atomic mass is 16.7. The quantitative estimate of drug-likeness (QED) is 0.474. The maximum atomic E-state index is 13.0. The second kappa shape index (κ2) is 8.13. The van der Waals surface area contributed by atoms with Gasteiger partial charge < -0.3 is 34.3 Å². The highest BCUT2D eigenvalue weighted by Crippen LogP contribution is 2.28. The van der Waals surface area contributed by atoms with Gasteiger partial charge in [0, 0.05) is 12.3 Å². The van der Waals surface area contributed by atoms with Gasteiger partial charge >= 0.3 is 0 Å². The lowest BCUT2D eigenvalue weighted by Crippen LogP contribution is -2.60. The fourth-order valence-electron chi connectivity index (χ4n) is 3.46. The lowest BCUT2D eigenvalue weighted by Gasteiger charge is -2.39. The minimum absolute atomic E-state index is 0.208. The molecule has 0 amide bonds. The molecule has 30 heavy (non-hydrogen) atoms. The van der Waals surface area contributed by atoms with E-state index in [0.717, 1.165) is 0 Å². The van der Waals surface area contributed by atoms with Crippen molar-refractivity contribution in [1.82, 2.24) is 4.98 Å². The zero-order valence-corrected chi connectivity index (χ0v) is 16.0. The first kappa shape index (κ1) is 20.5. The summed E-state index contributed by atoms with van der Waals surface area (Å²) in [5, 5.41) is 39.5. The fourth-order valence-corrected chi connectivity index (χ4v) is 3.46. The average Bonchev–Trinajstić information content (AvgIpc) is 2.74. The Labute approximate surface area is 170 Å². The first-order valence-electron chi connectivity index (χ1n) is 9.36. The van der Waals surface area contributed by atoms with E-state index in [4.69, 9.17) is 13.9 Å². The van der Waals surface area contributed by atoms with Crippen molar-refractivity contribution in [2.24, 2.45) is 0 Å². The summed E-state index contributed by atoms with van der Waals surface area (Å²) in [5.41, 5.74) is 0.893. The second-order valence-corrected chi connectivity index (χ2v) is 7.05. The summed E-state index contributed by atoms with van der Waals surface area (Å²) >= 11 is 0. The molecule has 3 aromatic rings. The Bertz CT molecular complexity index is 1100. The summed E-state index contributed by atoms with van der Waals surface area (Å²) in [6, 6.07) is 9.74. The topological polar surface area (TPSA) is 142 Å². The van der Waals surface area contributed by atoms with Crippen molar-refractivity contribution in [3.05, 3.63) is 58.6 Å². The predicted octanol–water partition coefficient (Wildman–Crippen LogP) is 0.342. The van der Waals surface area contributed by atoms with Crippen LogP contribution >= 0.6 is 0 Å². The number of benzene rings is 1. The molecule has 0 spiro atoms. The van der Waals surface area contributed by atoms with E-state index in [9.17, 15) is 25.2 Å². The number of hydrogen-bond acceptors (Lipinski definition) is 9. The van der Waals surface area contributed by atoms with E-state index >= 15 is 0 Å². The smallest absolute Gasteiger partial charge is 0.229 e. The molecule has 1 aliphatic heterocycles.